The van der Waals surface area contributed by atoms with E-state index in [1.165, 1.54) is 24.3 Å². The van der Waals surface area contributed by atoms with E-state index < -0.39 is 27.0 Å². The topological polar surface area (TPSA) is 73.9 Å². The molecular weight excluding hydrogens is 443 g/mol. The van der Waals surface area contributed by atoms with E-state index in [4.69, 9.17) is 9.47 Å². The Labute approximate surface area is 155 Å². The van der Waals surface area contributed by atoms with Crippen LogP contribution >= 0.6 is 15.9 Å². The van der Waals surface area contributed by atoms with Crippen molar-refractivity contribution in [1.82, 2.24) is 0 Å². The molecule has 1 heterocycles. The normalized spacial score (nSPS) is 14.0. The lowest BCUT2D eigenvalue weighted by Gasteiger charge is -2.19. The lowest BCUT2D eigenvalue weighted by Crippen LogP contribution is -2.21. The molecule has 0 saturated heterocycles. The molecule has 0 aromatic heterocycles. The average Bonchev–Trinajstić information content (AvgIpc) is 2.52. The van der Waals surface area contributed by atoms with Crippen LogP contribution < -0.4 is 18.9 Å². The van der Waals surface area contributed by atoms with Gasteiger partial charge in [0.25, 0.3) is 10.0 Å². The number of alkyl halides is 3. The molecule has 0 spiro atoms. The summed E-state index contributed by atoms with van der Waals surface area (Å²) in [5, 5.41) is 0. The van der Waals surface area contributed by atoms with E-state index in [0.29, 0.717) is 24.7 Å². The van der Waals surface area contributed by atoms with Crippen molar-refractivity contribution in [3.8, 4) is 17.2 Å². The first-order valence-corrected chi connectivity index (χ1v) is 9.39. The lowest BCUT2D eigenvalue weighted by atomic mass is 10.3. The van der Waals surface area contributed by atoms with E-state index in [9.17, 15) is 21.6 Å². The van der Waals surface area contributed by atoms with Gasteiger partial charge in [0.1, 0.15) is 18.1 Å². The summed E-state index contributed by atoms with van der Waals surface area (Å²) >= 11 is 2.99. The zero-order chi connectivity index (χ0) is 18.9. The maximum absolute atomic E-state index is 12.6. The summed E-state index contributed by atoms with van der Waals surface area (Å²) in [6, 6.07) is 7.52. The molecule has 0 fully saturated rings. The highest BCUT2D eigenvalue weighted by Gasteiger charge is 2.34. The van der Waals surface area contributed by atoms with Gasteiger partial charge < -0.3 is 14.2 Å². The smallest absolute Gasteiger partial charge is 0.486 e. The Morgan fingerprint density at radius 3 is 2.42 bits per heavy atom. The van der Waals surface area contributed by atoms with Crippen molar-refractivity contribution >= 4 is 31.6 Å². The first-order chi connectivity index (χ1) is 12.1. The minimum absolute atomic E-state index is 0.107. The van der Waals surface area contributed by atoms with Crippen LogP contribution in [0.25, 0.3) is 0 Å². The van der Waals surface area contributed by atoms with Crippen molar-refractivity contribution in [2.45, 2.75) is 11.3 Å². The third-order valence-corrected chi connectivity index (χ3v) is 5.13. The monoisotopic (exact) mass is 453 g/mol. The van der Waals surface area contributed by atoms with Gasteiger partial charge in [-0.25, -0.2) is 8.42 Å². The second-order valence-electron chi connectivity index (χ2n) is 5.10. The van der Waals surface area contributed by atoms with Gasteiger partial charge in [0, 0.05) is 10.5 Å². The molecule has 0 bridgehead atoms. The second-order valence-corrected chi connectivity index (χ2v) is 7.67. The van der Waals surface area contributed by atoms with Gasteiger partial charge in [0.2, 0.25) is 0 Å². The maximum atomic E-state index is 12.6. The fourth-order valence-electron chi connectivity index (χ4n) is 2.23. The van der Waals surface area contributed by atoms with E-state index >= 15 is 0 Å². The van der Waals surface area contributed by atoms with Crippen LogP contribution in [0.3, 0.4) is 0 Å². The third kappa shape index (κ3) is 4.33. The summed E-state index contributed by atoms with van der Waals surface area (Å²) in [6.07, 6.45) is -5.04. The number of benzene rings is 2. The highest BCUT2D eigenvalue weighted by atomic mass is 79.9. The van der Waals surface area contributed by atoms with Crippen LogP contribution in [-0.4, -0.2) is 28.0 Å². The molecule has 2 aromatic rings. The van der Waals surface area contributed by atoms with E-state index in [1.807, 2.05) is 0 Å². The number of hydrogen-bond acceptors (Lipinski definition) is 5. The number of anilines is 1. The summed E-state index contributed by atoms with van der Waals surface area (Å²) in [5.41, 5.74) is 0.107. The van der Waals surface area contributed by atoms with E-state index in [1.54, 1.807) is 0 Å². The molecule has 0 unspecified atom stereocenters. The molecule has 1 N–H and O–H groups in total. The van der Waals surface area contributed by atoms with Crippen molar-refractivity contribution in [3.63, 3.8) is 0 Å². The highest BCUT2D eigenvalue weighted by molar-refractivity contribution is 9.10. The van der Waals surface area contributed by atoms with Gasteiger partial charge >= 0.3 is 6.36 Å². The third-order valence-electron chi connectivity index (χ3n) is 3.22. The van der Waals surface area contributed by atoms with Gasteiger partial charge in [0.15, 0.2) is 17.2 Å². The minimum atomic E-state index is -5.04. The summed E-state index contributed by atoms with van der Waals surface area (Å²) in [7, 11) is -4.35. The van der Waals surface area contributed by atoms with E-state index in [-0.39, 0.29) is 10.2 Å². The average molecular weight is 454 g/mol. The fraction of sp³-hybridized carbons (Fsp3) is 0.200. The van der Waals surface area contributed by atoms with Gasteiger partial charge in [-0.05, 0) is 30.3 Å². The zero-order valence-corrected chi connectivity index (χ0v) is 15.2. The quantitative estimate of drug-likeness (QED) is 0.759. The van der Waals surface area contributed by atoms with Crippen molar-refractivity contribution < 1.29 is 35.8 Å². The first-order valence-electron chi connectivity index (χ1n) is 7.12. The van der Waals surface area contributed by atoms with Crippen molar-refractivity contribution in [2.75, 3.05) is 17.9 Å². The van der Waals surface area contributed by atoms with Crippen LogP contribution in [0.15, 0.2) is 45.8 Å². The number of hydrogen-bond donors (Lipinski definition) is 1. The van der Waals surface area contributed by atoms with Crippen molar-refractivity contribution in [3.05, 3.63) is 40.9 Å². The molecule has 11 heteroatoms. The van der Waals surface area contributed by atoms with Crippen LogP contribution in [-0.2, 0) is 10.0 Å². The van der Waals surface area contributed by atoms with Crippen LogP contribution in [0.1, 0.15) is 0 Å². The van der Waals surface area contributed by atoms with E-state index in [0.717, 1.165) is 12.1 Å². The molecule has 26 heavy (non-hydrogen) atoms. The first kappa shape index (κ1) is 18.6. The van der Waals surface area contributed by atoms with E-state index in [2.05, 4.69) is 25.4 Å². The number of fused-ring (bicyclic) bond motifs is 1. The number of rotatable bonds is 4. The summed E-state index contributed by atoms with van der Waals surface area (Å²) in [5.74, 6) is -0.0696. The molecule has 3 rings (SSSR count). The van der Waals surface area contributed by atoms with Crippen LogP contribution in [0.4, 0.5) is 18.9 Å². The van der Waals surface area contributed by atoms with Gasteiger partial charge in [-0.3, -0.25) is 4.72 Å². The Bertz CT molecular complexity index is 933. The highest BCUT2D eigenvalue weighted by Crippen LogP contribution is 2.36. The maximum Gasteiger partial charge on any atom is 0.573 e. The lowest BCUT2D eigenvalue weighted by molar-refractivity contribution is -0.275. The number of sulfonamides is 1. The van der Waals surface area contributed by atoms with Crippen LogP contribution in [0, 0.1) is 0 Å². The molecule has 1 aliphatic heterocycles. The molecule has 1 aliphatic rings. The van der Waals surface area contributed by atoms with Crippen molar-refractivity contribution in [2.24, 2.45) is 0 Å². The minimum Gasteiger partial charge on any atom is -0.486 e. The molecule has 140 valence electrons. The molecule has 6 nitrogen and oxygen atoms in total. The van der Waals surface area contributed by atoms with Gasteiger partial charge in [-0.1, -0.05) is 15.9 Å². The zero-order valence-electron chi connectivity index (χ0n) is 12.8. The van der Waals surface area contributed by atoms with Crippen LogP contribution in [0.2, 0.25) is 0 Å². The predicted molar refractivity (Wildman–Crippen MR) is 89.1 cm³/mol. The number of halogens is 4. The Hall–Kier alpha value is -2.14. The molecular formula is C15H11BrF3NO5S. The molecule has 0 atom stereocenters. The van der Waals surface area contributed by atoms with Crippen LogP contribution in [0.5, 0.6) is 17.2 Å². The molecule has 0 aliphatic carbocycles. The second kappa shape index (κ2) is 6.88. The molecule has 0 radical (unpaired) electrons. The largest absolute Gasteiger partial charge is 0.573 e. The Kier molecular flexibility index (Phi) is 4.93. The predicted octanol–water partition coefficient (Wildman–Crippen LogP) is 3.92. The van der Waals surface area contributed by atoms with Crippen molar-refractivity contribution in [1.29, 1.82) is 0 Å². The molecule has 2 aromatic carbocycles. The Balaban J connectivity index is 1.93. The molecule has 0 amide bonds. The van der Waals surface area contributed by atoms with Gasteiger partial charge in [-0.15, -0.1) is 13.2 Å². The number of ether oxygens (including phenoxy) is 3. The standard InChI is InChI=1S/C15H11BrF3NO5S/c16-9-1-4-14(13(7-9)25-15(17,18)19)26(21,22)20-10-2-3-11-12(8-10)24-6-5-23-11/h1-4,7-8,20H,5-6H2. The number of nitrogens with one attached hydrogen (secondary N) is 1. The Morgan fingerprint density at radius 2 is 1.73 bits per heavy atom. The fourth-order valence-corrected chi connectivity index (χ4v) is 3.73. The summed E-state index contributed by atoms with van der Waals surface area (Å²) < 4.78 is 79.8. The Morgan fingerprint density at radius 1 is 1.04 bits per heavy atom. The molecule has 0 saturated carbocycles. The summed E-state index contributed by atoms with van der Waals surface area (Å²) in [6.45, 7) is 0.675. The summed E-state index contributed by atoms with van der Waals surface area (Å²) in [4.78, 5) is -0.659. The van der Waals surface area contributed by atoms with Gasteiger partial charge in [-0.2, -0.15) is 0 Å². The SMILES string of the molecule is O=S(=O)(Nc1ccc2c(c1)OCCO2)c1ccc(Br)cc1OC(F)(F)F. The van der Waals surface area contributed by atoms with Gasteiger partial charge in [0.05, 0.1) is 5.69 Å².